The first-order valence-electron chi connectivity index (χ1n) is 13.8. The second-order valence-corrected chi connectivity index (χ2v) is 10.8. The summed E-state index contributed by atoms with van der Waals surface area (Å²) in [6.07, 6.45) is 7.91. The summed E-state index contributed by atoms with van der Waals surface area (Å²) in [6, 6.07) is 7.61. The number of aliphatic hydroxyl groups excluding tert-OH is 1. The van der Waals surface area contributed by atoms with Crippen LogP contribution in [0.3, 0.4) is 0 Å². The molecule has 4 aromatic heterocycles. The number of rotatable bonds is 6. The van der Waals surface area contributed by atoms with Crippen molar-refractivity contribution in [3.05, 3.63) is 78.4 Å². The number of fused-ring (bicyclic) bond motifs is 1. The van der Waals surface area contributed by atoms with Crippen LogP contribution < -0.4 is 9.80 Å². The lowest BCUT2D eigenvalue weighted by Gasteiger charge is -2.35. The third-order valence-corrected chi connectivity index (χ3v) is 8.15. The van der Waals surface area contributed by atoms with Crippen LogP contribution in [0.1, 0.15) is 24.1 Å². The summed E-state index contributed by atoms with van der Waals surface area (Å²) >= 11 is 0. The molecule has 1 unspecified atom stereocenters. The highest BCUT2D eigenvalue weighted by Crippen LogP contribution is 2.31. The predicted octanol–water partition coefficient (Wildman–Crippen LogP) is 2.27. The van der Waals surface area contributed by atoms with Gasteiger partial charge in [0, 0.05) is 55.9 Å². The maximum atomic E-state index is 13.3. The van der Waals surface area contributed by atoms with Gasteiger partial charge in [0.2, 0.25) is 5.95 Å². The van der Waals surface area contributed by atoms with E-state index in [0.717, 1.165) is 28.1 Å². The smallest absolute Gasteiger partial charge is 0.225 e. The molecule has 5 aromatic rings. The van der Waals surface area contributed by atoms with Crippen molar-refractivity contribution in [1.29, 1.82) is 0 Å². The van der Waals surface area contributed by atoms with Crippen LogP contribution in [0.15, 0.2) is 61.4 Å². The van der Waals surface area contributed by atoms with Crippen molar-refractivity contribution in [3.8, 4) is 11.3 Å². The Balaban J connectivity index is 1.05. The van der Waals surface area contributed by atoms with E-state index in [4.69, 9.17) is 4.74 Å². The fourth-order valence-corrected chi connectivity index (χ4v) is 5.57. The SMILES string of the molecule is CC(O)(c1ccc(F)cc1)c1cnc(N2CCN(c3ncnc4[nH]c(-c5cnn([C@@H]6COC[C@@H]6O)c5)cc34)CC2)nc1. The fraction of sp³-hybridized carbons (Fsp3) is 0.345. The summed E-state index contributed by atoms with van der Waals surface area (Å²) in [5.41, 5.74) is 2.25. The average Bonchev–Trinajstić information content (AvgIpc) is 3.77. The monoisotopic (exact) mass is 571 g/mol. The number of ether oxygens (including phenoxy) is 1. The number of nitrogens with one attached hydrogen (secondary N) is 1. The van der Waals surface area contributed by atoms with Gasteiger partial charge in [0.05, 0.1) is 30.5 Å². The molecule has 2 aliphatic heterocycles. The molecule has 0 saturated carbocycles. The van der Waals surface area contributed by atoms with E-state index in [1.54, 1.807) is 48.7 Å². The van der Waals surface area contributed by atoms with E-state index in [1.165, 1.54) is 12.1 Å². The number of halogens is 1. The highest BCUT2D eigenvalue weighted by Gasteiger charge is 2.30. The van der Waals surface area contributed by atoms with Gasteiger partial charge in [-0.15, -0.1) is 0 Å². The van der Waals surface area contributed by atoms with Gasteiger partial charge in [-0.1, -0.05) is 12.1 Å². The zero-order chi connectivity index (χ0) is 28.8. The normalized spacial score (nSPS) is 20.8. The quantitative estimate of drug-likeness (QED) is 0.278. The summed E-state index contributed by atoms with van der Waals surface area (Å²) < 4.78 is 20.5. The molecule has 216 valence electrons. The Hall–Kier alpha value is -4.46. The highest BCUT2D eigenvalue weighted by atomic mass is 19.1. The zero-order valence-electron chi connectivity index (χ0n) is 22.9. The van der Waals surface area contributed by atoms with Gasteiger partial charge < -0.3 is 29.7 Å². The first-order valence-corrected chi connectivity index (χ1v) is 13.8. The number of H-pyrrole nitrogens is 1. The first kappa shape index (κ1) is 26.4. The Morgan fingerprint density at radius 1 is 0.952 bits per heavy atom. The minimum Gasteiger partial charge on any atom is -0.388 e. The molecule has 7 rings (SSSR count). The number of nitrogens with zero attached hydrogens (tertiary/aromatic N) is 8. The molecular weight excluding hydrogens is 541 g/mol. The van der Waals surface area contributed by atoms with Crippen LogP contribution in [0.2, 0.25) is 0 Å². The zero-order valence-corrected chi connectivity index (χ0v) is 22.9. The predicted molar refractivity (Wildman–Crippen MR) is 153 cm³/mol. The van der Waals surface area contributed by atoms with Crippen LogP contribution in [-0.2, 0) is 10.3 Å². The van der Waals surface area contributed by atoms with Crippen LogP contribution in [0.5, 0.6) is 0 Å². The maximum absolute atomic E-state index is 13.3. The number of aromatic amines is 1. The van der Waals surface area contributed by atoms with Crippen molar-refractivity contribution < 1.29 is 19.3 Å². The molecule has 0 amide bonds. The van der Waals surface area contributed by atoms with Crippen molar-refractivity contribution in [2.24, 2.45) is 0 Å². The molecular formula is C29H30FN9O3. The number of hydrogen-bond acceptors (Lipinski definition) is 10. The lowest BCUT2D eigenvalue weighted by molar-refractivity contribution is 0.101. The number of aromatic nitrogens is 7. The van der Waals surface area contributed by atoms with Gasteiger partial charge in [-0.05, 0) is 30.7 Å². The van der Waals surface area contributed by atoms with Crippen LogP contribution in [0, 0.1) is 5.82 Å². The lowest BCUT2D eigenvalue weighted by Crippen LogP contribution is -2.47. The topological polar surface area (TPSA) is 141 Å². The number of piperazine rings is 1. The number of hydrogen-bond donors (Lipinski definition) is 3. The van der Waals surface area contributed by atoms with E-state index in [0.29, 0.717) is 56.5 Å². The Bertz CT molecular complexity index is 1700. The van der Waals surface area contributed by atoms with E-state index in [-0.39, 0.29) is 11.9 Å². The van der Waals surface area contributed by atoms with Crippen LogP contribution in [0.4, 0.5) is 16.2 Å². The van der Waals surface area contributed by atoms with Gasteiger partial charge in [0.15, 0.2) is 0 Å². The van der Waals surface area contributed by atoms with Crippen LogP contribution in [-0.4, -0.2) is 90.4 Å². The van der Waals surface area contributed by atoms with Gasteiger partial charge in [0.25, 0.3) is 0 Å². The first-order chi connectivity index (χ1) is 20.4. The van der Waals surface area contributed by atoms with Gasteiger partial charge >= 0.3 is 0 Å². The molecule has 3 N–H and O–H groups in total. The number of aliphatic hydroxyl groups is 2. The molecule has 0 spiro atoms. The molecule has 3 atom stereocenters. The van der Waals surface area contributed by atoms with Crippen LogP contribution in [0.25, 0.3) is 22.3 Å². The largest absolute Gasteiger partial charge is 0.388 e. The summed E-state index contributed by atoms with van der Waals surface area (Å²) in [5, 5.41) is 26.6. The van der Waals surface area contributed by atoms with Gasteiger partial charge in [0.1, 0.15) is 41.4 Å². The van der Waals surface area contributed by atoms with E-state index in [2.05, 4.69) is 39.8 Å². The maximum Gasteiger partial charge on any atom is 0.225 e. The van der Waals surface area contributed by atoms with Crippen molar-refractivity contribution in [1.82, 2.24) is 34.7 Å². The molecule has 2 saturated heterocycles. The van der Waals surface area contributed by atoms with Gasteiger partial charge in [-0.2, -0.15) is 5.10 Å². The van der Waals surface area contributed by atoms with Crippen molar-refractivity contribution in [2.75, 3.05) is 49.2 Å². The molecule has 42 heavy (non-hydrogen) atoms. The minimum absolute atomic E-state index is 0.196. The number of anilines is 2. The molecule has 0 bridgehead atoms. The molecule has 12 nitrogen and oxygen atoms in total. The van der Waals surface area contributed by atoms with Crippen LogP contribution >= 0.6 is 0 Å². The second-order valence-electron chi connectivity index (χ2n) is 10.8. The van der Waals surface area contributed by atoms with E-state index in [9.17, 15) is 14.6 Å². The Morgan fingerprint density at radius 3 is 2.40 bits per heavy atom. The molecule has 6 heterocycles. The minimum atomic E-state index is -1.34. The summed E-state index contributed by atoms with van der Waals surface area (Å²) in [5.74, 6) is 1.07. The molecule has 0 radical (unpaired) electrons. The fourth-order valence-electron chi connectivity index (χ4n) is 5.57. The third kappa shape index (κ3) is 4.74. The average molecular weight is 572 g/mol. The number of benzene rings is 1. The summed E-state index contributed by atoms with van der Waals surface area (Å²) in [4.78, 5) is 25.8. The standard InChI is InChI=1S/C29H30FN9O3/c1-29(41,19-2-4-21(30)5-3-19)20-12-31-28(32-13-20)38-8-6-37(7-9-38)27-22-10-23(36-26(22)33-17-34-27)18-11-35-39(14-18)24-15-42-16-25(24)40/h2-5,10-14,17,24-25,40-41H,6-9,15-16H2,1H3,(H,33,34,36)/t24-,25+,29?/m1/s1. The van der Waals surface area contributed by atoms with Gasteiger partial charge in [-0.3, -0.25) is 4.68 Å². The van der Waals surface area contributed by atoms with E-state index >= 15 is 0 Å². The summed E-state index contributed by atoms with van der Waals surface area (Å²) in [7, 11) is 0. The summed E-state index contributed by atoms with van der Waals surface area (Å²) in [6.45, 7) is 5.19. The molecule has 2 aliphatic rings. The Kier molecular flexibility index (Phi) is 6.56. The lowest BCUT2D eigenvalue weighted by atomic mass is 9.90. The Labute approximate surface area is 240 Å². The van der Waals surface area contributed by atoms with Crippen molar-refractivity contribution >= 4 is 22.8 Å². The van der Waals surface area contributed by atoms with Crippen molar-refractivity contribution in [2.45, 2.75) is 24.7 Å². The van der Waals surface area contributed by atoms with E-state index < -0.39 is 11.7 Å². The molecule has 13 heteroatoms. The van der Waals surface area contributed by atoms with Crippen molar-refractivity contribution in [3.63, 3.8) is 0 Å². The molecule has 0 aliphatic carbocycles. The second kappa shape index (κ2) is 10.4. The highest BCUT2D eigenvalue weighted by molar-refractivity contribution is 5.91. The Morgan fingerprint density at radius 2 is 1.69 bits per heavy atom. The third-order valence-electron chi connectivity index (χ3n) is 8.15. The molecule has 2 fully saturated rings. The van der Waals surface area contributed by atoms with E-state index in [1.807, 2.05) is 12.3 Å². The molecule has 1 aromatic carbocycles. The van der Waals surface area contributed by atoms with Gasteiger partial charge in [-0.25, -0.2) is 24.3 Å².